The minimum atomic E-state index is -0.856. The van der Waals surface area contributed by atoms with Gasteiger partial charge in [-0.25, -0.2) is 0 Å². The van der Waals surface area contributed by atoms with Gasteiger partial charge >= 0.3 is 5.97 Å². The van der Waals surface area contributed by atoms with Crippen LogP contribution in [-0.2, 0) is 4.79 Å². The van der Waals surface area contributed by atoms with Gasteiger partial charge in [0.15, 0.2) is 0 Å². The molecule has 0 heterocycles. The van der Waals surface area contributed by atoms with Gasteiger partial charge in [-0.1, -0.05) is 48.5 Å². The Hall–Kier alpha value is -2.81. The molecule has 3 heteroatoms. The number of carboxylic acids is 1. The highest BCUT2D eigenvalue weighted by Crippen LogP contribution is 2.38. The average Bonchev–Trinajstić information content (AvgIpc) is 2.53. The van der Waals surface area contributed by atoms with Gasteiger partial charge in [0, 0.05) is 11.1 Å². The zero-order valence-corrected chi connectivity index (χ0v) is 12.1. The van der Waals surface area contributed by atoms with E-state index < -0.39 is 12.0 Å². The van der Waals surface area contributed by atoms with Crippen molar-refractivity contribution >= 4 is 44.0 Å². The third-order valence-electron chi connectivity index (χ3n) is 4.25. The van der Waals surface area contributed by atoms with Gasteiger partial charge in [-0.3, -0.25) is 4.79 Å². The summed E-state index contributed by atoms with van der Waals surface area (Å²) in [4.78, 5) is 11.2. The standard InChI is InChI=1S/C19H15NO2/c1-11(19(21)22)20-16-10-14-6-2-4-12-8-9-13-5-3-7-15(16)18(13)17(12)14/h2-11,20H,1H3,(H,21,22)/t11-/m1/s1. The van der Waals surface area contributed by atoms with Gasteiger partial charge in [0.1, 0.15) is 6.04 Å². The van der Waals surface area contributed by atoms with E-state index in [1.165, 1.54) is 21.5 Å². The van der Waals surface area contributed by atoms with Crippen molar-refractivity contribution in [1.29, 1.82) is 0 Å². The van der Waals surface area contributed by atoms with E-state index in [9.17, 15) is 4.79 Å². The molecule has 2 N–H and O–H groups in total. The third-order valence-corrected chi connectivity index (χ3v) is 4.25. The molecule has 0 aromatic heterocycles. The van der Waals surface area contributed by atoms with E-state index in [1.807, 2.05) is 24.3 Å². The predicted molar refractivity (Wildman–Crippen MR) is 90.9 cm³/mol. The topological polar surface area (TPSA) is 49.3 Å². The average molecular weight is 289 g/mol. The summed E-state index contributed by atoms with van der Waals surface area (Å²) in [5.74, 6) is -0.856. The Bertz CT molecular complexity index is 1010. The molecule has 4 rings (SSSR count). The molecule has 1 atom stereocenters. The summed E-state index contributed by atoms with van der Waals surface area (Å²) in [6, 6.07) is 18.0. The summed E-state index contributed by atoms with van der Waals surface area (Å²) in [5.41, 5.74) is 0.867. The predicted octanol–water partition coefficient (Wildman–Crippen LogP) is 4.47. The molecule has 0 amide bonds. The van der Waals surface area contributed by atoms with Crippen LogP contribution in [0.25, 0.3) is 32.3 Å². The van der Waals surface area contributed by atoms with Gasteiger partial charge in [-0.2, -0.15) is 0 Å². The normalized spacial score (nSPS) is 13.0. The van der Waals surface area contributed by atoms with Gasteiger partial charge < -0.3 is 10.4 Å². The molecule has 0 bridgehead atoms. The monoisotopic (exact) mass is 289 g/mol. The van der Waals surface area contributed by atoms with Crippen molar-refractivity contribution in [3.63, 3.8) is 0 Å². The molecule has 0 spiro atoms. The first-order valence-electron chi connectivity index (χ1n) is 7.31. The smallest absolute Gasteiger partial charge is 0.325 e. The van der Waals surface area contributed by atoms with Crippen LogP contribution in [0.1, 0.15) is 6.92 Å². The van der Waals surface area contributed by atoms with Crippen molar-refractivity contribution in [3.8, 4) is 0 Å². The summed E-state index contributed by atoms with van der Waals surface area (Å²) in [7, 11) is 0. The second-order valence-corrected chi connectivity index (χ2v) is 5.68. The van der Waals surface area contributed by atoms with Gasteiger partial charge in [0.25, 0.3) is 0 Å². The van der Waals surface area contributed by atoms with Crippen LogP contribution in [0, 0.1) is 0 Å². The highest BCUT2D eigenvalue weighted by Gasteiger charge is 2.15. The van der Waals surface area contributed by atoms with Crippen LogP contribution in [-0.4, -0.2) is 17.1 Å². The first-order chi connectivity index (χ1) is 10.6. The highest BCUT2D eigenvalue weighted by atomic mass is 16.4. The number of rotatable bonds is 3. The van der Waals surface area contributed by atoms with E-state index in [1.54, 1.807) is 6.92 Å². The third kappa shape index (κ3) is 1.79. The molecule has 0 aliphatic rings. The van der Waals surface area contributed by atoms with Gasteiger partial charge in [-0.15, -0.1) is 0 Å². The largest absolute Gasteiger partial charge is 0.480 e. The molecule has 0 fully saturated rings. The van der Waals surface area contributed by atoms with E-state index in [0.29, 0.717) is 0 Å². The van der Waals surface area contributed by atoms with E-state index in [0.717, 1.165) is 16.5 Å². The lowest BCUT2D eigenvalue weighted by atomic mass is 9.93. The molecule has 0 radical (unpaired) electrons. The van der Waals surface area contributed by atoms with E-state index in [-0.39, 0.29) is 0 Å². The maximum atomic E-state index is 11.2. The minimum Gasteiger partial charge on any atom is -0.480 e. The molecular weight excluding hydrogens is 274 g/mol. The Labute approximate surface area is 127 Å². The Morgan fingerprint density at radius 1 is 0.955 bits per heavy atom. The maximum Gasteiger partial charge on any atom is 0.325 e. The van der Waals surface area contributed by atoms with E-state index in [2.05, 4.69) is 35.6 Å². The number of anilines is 1. The Morgan fingerprint density at radius 2 is 1.59 bits per heavy atom. The summed E-state index contributed by atoms with van der Waals surface area (Å²) >= 11 is 0. The SMILES string of the molecule is C[C@@H](Nc1cc2cccc3ccc4cccc1c4c32)C(=O)O. The Morgan fingerprint density at radius 3 is 2.32 bits per heavy atom. The summed E-state index contributed by atoms with van der Waals surface area (Å²) in [5, 5.41) is 19.3. The molecule has 0 aliphatic carbocycles. The van der Waals surface area contributed by atoms with E-state index >= 15 is 0 Å². The molecular formula is C19H15NO2. The number of hydrogen-bond donors (Lipinski definition) is 2. The number of carboxylic acid groups (broad SMARTS) is 1. The molecule has 4 aromatic rings. The van der Waals surface area contributed by atoms with E-state index in [4.69, 9.17) is 5.11 Å². The van der Waals surface area contributed by atoms with Crippen LogP contribution in [0.4, 0.5) is 5.69 Å². The van der Waals surface area contributed by atoms with Crippen molar-refractivity contribution in [2.75, 3.05) is 5.32 Å². The summed E-state index contributed by atoms with van der Waals surface area (Å²) < 4.78 is 0. The van der Waals surface area contributed by atoms with Crippen molar-refractivity contribution in [2.24, 2.45) is 0 Å². The molecule has 0 saturated heterocycles. The lowest BCUT2D eigenvalue weighted by Gasteiger charge is -2.17. The second-order valence-electron chi connectivity index (χ2n) is 5.68. The summed E-state index contributed by atoms with van der Waals surface area (Å²) in [6.45, 7) is 1.66. The van der Waals surface area contributed by atoms with Gasteiger partial charge in [-0.05, 0) is 39.9 Å². The molecule has 4 aromatic carbocycles. The van der Waals surface area contributed by atoms with Crippen LogP contribution in [0.5, 0.6) is 0 Å². The molecule has 108 valence electrons. The van der Waals surface area contributed by atoms with Crippen molar-refractivity contribution in [3.05, 3.63) is 54.6 Å². The lowest BCUT2D eigenvalue weighted by molar-refractivity contribution is -0.137. The first-order valence-corrected chi connectivity index (χ1v) is 7.31. The van der Waals surface area contributed by atoms with Gasteiger partial charge in [0.05, 0.1) is 0 Å². The van der Waals surface area contributed by atoms with Crippen molar-refractivity contribution in [2.45, 2.75) is 13.0 Å². The van der Waals surface area contributed by atoms with Crippen LogP contribution in [0.15, 0.2) is 54.6 Å². The summed E-state index contributed by atoms with van der Waals surface area (Å²) in [6.07, 6.45) is 0. The Kier molecular flexibility index (Phi) is 2.70. The van der Waals surface area contributed by atoms with Gasteiger partial charge in [0.2, 0.25) is 0 Å². The number of aliphatic carboxylic acids is 1. The quantitative estimate of drug-likeness (QED) is 0.547. The molecule has 3 nitrogen and oxygen atoms in total. The number of carbonyl (C=O) groups is 1. The van der Waals surface area contributed by atoms with Crippen LogP contribution in [0.2, 0.25) is 0 Å². The minimum absolute atomic E-state index is 0.633. The number of nitrogens with one attached hydrogen (secondary N) is 1. The highest BCUT2D eigenvalue weighted by molar-refractivity contribution is 6.26. The fourth-order valence-corrected chi connectivity index (χ4v) is 3.18. The Balaban J connectivity index is 2.10. The molecule has 22 heavy (non-hydrogen) atoms. The van der Waals surface area contributed by atoms with Crippen molar-refractivity contribution < 1.29 is 9.90 Å². The molecule has 0 aliphatic heterocycles. The zero-order chi connectivity index (χ0) is 15.3. The lowest BCUT2D eigenvalue weighted by Crippen LogP contribution is -2.25. The maximum absolute atomic E-state index is 11.2. The fourth-order valence-electron chi connectivity index (χ4n) is 3.18. The van der Waals surface area contributed by atoms with Crippen LogP contribution < -0.4 is 5.32 Å². The van der Waals surface area contributed by atoms with Crippen LogP contribution in [0.3, 0.4) is 0 Å². The molecule has 0 saturated carbocycles. The molecule has 0 unspecified atom stereocenters. The van der Waals surface area contributed by atoms with Crippen molar-refractivity contribution in [1.82, 2.24) is 0 Å². The number of benzene rings is 4. The fraction of sp³-hybridized carbons (Fsp3) is 0.105. The first kappa shape index (κ1) is 12.9. The zero-order valence-electron chi connectivity index (χ0n) is 12.1. The second kappa shape index (κ2) is 4.60. The van der Waals surface area contributed by atoms with Crippen LogP contribution >= 0.6 is 0 Å². The number of hydrogen-bond acceptors (Lipinski definition) is 2.